The second kappa shape index (κ2) is 9.26. The molecule has 0 bridgehead atoms. The van der Waals surface area contributed by atoms with Gasteiger partial charge in [0, 0.05) is 30.9 Å². The second-order valence-electron chi connectivity index (χ2n) is 7.16. The first-order chi connectivity index (χ1) is 14.3. The van der Waals surface area contributed by atoms with Gasteiger partial charge in [-0.15, -0.1) is 0 Å². The first-order valence-electron chi connectivity index (χ1n) is 9.67. The highest BCUT2D eigenvalue weighted by Crippen LogP contribution is 2.26. The van der Waals surface area contributed by atoms with Crippen molar-refractivity contribution in [1.82, 2.24) is 14.7 Å². The lowest BCUT2D eigenvalue weighted by Crippen LogP contribution is -2.36. The molecular formula is C23H25N3O4. The third-order valence-electron chi connectivity index (χ3n) is 4.64. The highest BCUT2D eigenvalue weighted by atomic mass is 16.5. The smallest absolute Gasteiger partial charge is 0.331 e. The number of benzene rings is 1. The molecule has 0 spiro atoms. The first-order valence-corrected chi connectivity index (χ1v) is 9.67. The molecule has 0 saturated heterocycles. The van der Waals surface area contributed by atoms with Crippen molar-refractivity contribution in [3.05, 3.63) is 66.1 Å². The predicted octanol–water partition coefficient (Wildman–Crippen LogP) is 3.86. The van der Waals surface area contributed by atoms with Crippen molar-refractivity contribution in [2.45, 2.75) is 26.8 Å². The van der Waals surface area contributed by atoms with Gasteiger partial charge >= 0.3 is 5.97 Å². The minimum absolute atomic E-state index is 0.0369. The van der Waals surface area contributed by atoms with E-state index in [1.807, 2.05) is 69.4 Å². The molecule has 3 rings (SSSR count). The molecule has 0 atom stereocenters. The molecule has 7 nitrogen and oxygen atoms in total. The van der Waals surface area contributed by atoms with Crippen molar-refractivity contribution >= 4 is 18.0 Å². The van der Waals surface area contributed by atoms with Gasteiger partial charge in [-0.3, -0.25) is 4.79 Å². The Morgan fingerprint density at radius 2 is 1.93 bits per heavy atom. The van der Waals surface area contributed by atoms with Crippen LogP contribution in [0.2, 0.25) is 0 Å². The van der Waals surface area contributed by atoms with Crippen molar-refractivity contribution in [2.24, 2.45) is 0 Å². The van der Waals surface area contributed by atoms with E-state index in [4.69, 9.17) is 9.15 Å². The van der Waals surface area contributed by atoms with E-state index in [1.165, 1.54) is 11.0 Å². The number of hydrogen-bond acceptors (Lipinski definition) is 5. The van der Waals surface area contributed by atoms with Crippen molar-refractivity contribution in [2.75, 3.05) is 13.7 Å². The number of aryl methyl sites for hydroxylation is 1. The van der Waals surface area contributed by atoms with Gasteiger partial charge in [0.2, 0.25) is 0 Å². The molecule has 1 amide bonds. The molecule has 1 aromatic carbocycles. The van der Waals surface area contributed by atoms with E-state index in [2.05, 4.69) is 5.10 Å². The number of aromatic nitrogens is 2. The molecule has 0 unspecified atom stereocenters. The van der Waals surface area contributed by atoms with Crippen molar-refractivity contribution in [1.29, 1.82) is 0 Å². The number of para-hydroxylation sites is 1. The van der Waals surface area contributed by atoms with E-state index in [0.717, 1.165) is 11.4 Å². The fraction of sp³-hybridized carbons (Fsp3) is 0.261. The molecule has 156 valence electrons. The van der Waals surface area contributed by atoms with Gasteiger partial charge in [-0.1, -0.05) is 18.2 Å². The Kier molecular flexibility index (Phi) is 6.51. The Morgan fingerprint density at radius 3 is 2.57 bits per heavy atom. The third-order valence-corrected chi connectivity index (χ3v) is 4.64. The van der Waals surface area contributed by atoms with Crippen LogP contribution < -0.4 is 0 Å². The number of rotatable bonds is 7. The molecule has 0 N–H and O–H groups in total. The number of carbonyl (C=O) groups is 2. The second-order valence-corrected chi connectivity index (χ2v) is 7.16. The molecule has 0 radical (unpaired) electrons. The van der Waals surface area contributed by atoms with Crippen LogP contribution in [0.25, 0.3) is 23.2 Å². The van der Waals surface area contributed by atoms with E-state index in [1.54, 1.807) is 17.8 Å². The van der Waals surface area contributed by atoms with Crippen LogP contribution in [0.4, 0.5) is 0 Å². The summed E-state index contributed by atoms with van der Waals surface area (Å²) >= 11 is 0. The van der Waals surface area contributed by atoms with E-state index >= 15 is 0 Å². The maximum atomic E-state index is 12.1. The average Bonchev–Trinajstić information content (AvgIpc) is 3.36. The summed E-state index contributed by atoms with van der Waals surface area (Å²) < 4.78 is 12.5. The first kappa shape index (κ1) is 21.1. The Labute approximate surface area is 175 Å². The van der Waals surface area contributed by atoms with Gasteiger partial charge in [0.05, 0.1) is 5.69 Å². The maximum absolute atomic E-state index is 12.1. The van der Waals surface area contributed by atoms with Crippen molar-refractivity contribution in [3.8, 4) is 17.1 Å². The van der Waals surface area contributed by atoms with Gasteiger partial charge in [0.25, 0.3) is 5.91 Å². The highest BCUT2D eigenvalue weighted by Gasteiger charge is 2.15. The number of ether oxygens (including phenoxy) is 1. The SMILES string of the molecule is Cc1ccc(-c2nn(-c3ccccc3)cc2/C=C/C(=O)OCC(=O)N(C)C(C)C)o1. The average molecular weight is 407 g/mol. The van der Waals surface area contributed by atoms with Crippen LogP contribution in [0.3, 0.4) is 0 Å². The summed E-state index contributed by atoms with van der Waals surface area (Å²) in [5.41, 5.74) is 2.17. The van der Waals surface area contributed by atoms with E-state index < -0.39 is 5.97 Å². The molecule has 0 aliphatic rings. The van der Waals surface area contributed by atoms with Crippen molar-refractivity contribution < 1.29 is 18.7 Å². The van der Waals surface area contributed by atoms with Crippen LogP contribution >= 0.6 is 0 Å². The molecule has 30 heavy (non-hydrogen) atoms. The summed E-state index contributed by atoms with van der Waals surface area (Å²) in [4.78, 5) is 25.6. The van der Waals surface area contributed by atoms with Crippen LogP contribution in [-0.4, -0.2) is 46.3 Å². The Bertz CT molecular complexity index is 1050. The molecule has 7 heteroatoms. The standard InChI is InChI=1S/C23H25N3O4/c1-16(2)25(4)21(27)15-29-22(28)13-11-18-14-26(19-8-6-5-7-9-19)24-23(18)20-12-10-17(3)30-20/h5-14,16H,15H2,1-4H3/b13-11+. The zero-order valence-corrected chi connectivity index (χ0v) is 17.5. The van der Waals surface area contributed by atoms with Crippen LogP contribution in [-0.2, 0) is 14.3 Å². The van der Waals surface area contributed by atoms with Gasteiger partial charge < -0.3 is 14.1 Å². The van der Waals surface area contributed by atoms with Crippen LogP contribution in [0.5, 0.6) is 0 Å². The van der Waals surface area contributed by atoms with Crippen LogP contribution in [0.15, 0.2) is 59.2 Å². The highest BCUT2D eigenvalue weighted by molar-refractivity contribution is 5.90. The summed E-state index contributed by atoms with van der Waals surface area (Å²) in [6, 6.07) is 13.4. The van der Waals surface area contributed by atoms with Gasteiger partial charge in [-0.25, -0.2) is 9.48 Å². The number of hydrogen-bond donors (Lipinski definition) is 0. The van der Waals surface area contributed by atoms with Gasteiger partial charge in [0.15, 0.2) is 12.4 Å². The summed E-state index contributed by atoms with van der Waals surface area (Å²) in [6.07, 6.45) is 4.71. The lowest BCUT2D eigenvalue weighted by molar-refractivity contribution is -0.148. The quantitative estimate of drug-likeness (QED) is 0.439. The molecule has 3 aromatic rings. The number of likely N-dealkylation sites (N-methyl/N-ethyl adjacent to an activating group) is 1. The zero-order valence-electron chi connectivity index (χ0n) is 17.5. The van der Waals surface area contributed by atoms with E-state index in [9.17, 15) is 9.59 Å². The zero-order chi connectivity index (χ0) is 21.7. The number of carbonyl (C=O) groups excluding carboxylic acids is 2. The fourth-order valence-corrected chi connectivity index (χ4v) is 2.70. The summed E-state index contributed by atoms with van der Waals surface area (Å²) in [7, 11) is 1.67. The number of amides is 1. The largest absolute Gasteiger partial charge is 0.460 e. The van der Waals surface area contributed by atoms with E-state index in [0.29, 0.717) is 17.0 Å². The molecule has 0 fully saturated rings. The van der Waals surface area contributed by atoms with Crippen LogP contribution in [0.1, 0.15) is 25.2 Å². The molecular weight excluding hydrogens is 382 g/mol. The number of nitrogens with zero attached hydrogens (tertiary/aromatic N) is 3. The number of furan rings is 1. The fourth-order valence-electron chi connectivity index (χ4n) is 2.70. The molecule has 0 aliphatic heterocycles. The van der Waals surface area contributed by atoms with Gasteiger partial charge in [-0.2, -0.15) is 5.10 Å². The minimum Gasteiger partial charge on any atom is -0.460 e. The lowest BCUT2D eigenvalue weighted by atomic mass is 10.2. The summed E-state index contributed by atoms with van der Waals surface area (Å²) in [5.74, 6) is 0.509. The Hall–Kier alpha value is -3.61. The summed E-state index contributed by atoms with van der Waals surface area (Å²) in [5, 5.41) is 4.62. The molecule has 0 aliphatic carbocycles. The van der Waals surface area contributed by atoms with Crippen LogP contribution in [0, 0.1) is 6.92 Å². The Balaban J connectivity index is 1.79. The normalized spacial score (nSPS) is 11.2. The van der Waals surface area contributed by atoms with E-state index in [-0.39, 0.29) is 18.6 Å². The third kappa shape index (κ3) is 5.05. The number of esters is 1. The topological polar surface area (TPSA) is 77.6 Å². The molecule has 0 saturated carbocycles. The molecule has 2 aromatic heterocycles. The minimum atomic E-state index is -0.602. The Morgan fingerprint density at radius 1 is 1.20 bits per heavy atom. The maximum Gasteiger partial charge on any atom is 0.331 e. The van der Waals surface area contributed by atoms with Gasteiger partial charge in [-0.05, 0) is 51.1 Å². The molecule has 2 heterocycles. The predicted molar refractivity (Wildman–Crippen MR) is 114 cm³/mol. The lowest BCUT2D eigenvalue weighted by Gasteiger charge is -2.20. The van der Waals surface area contributed by atoms with Crippen molar-refractivity contribution in [3.63, 3.8) is 0 Å². The van der Waals surface area contributed by atoms with Gasteiger partial charge in [0.1, 0.15) is 11.5 Å². The monoisotopic (exact) mass is 407 g/mol. The summed E-state index contributed by atoms with van der Waals surface area (Å²) in [6.45, 7) is 5.34.